The minimum absolute atomic E-state index is 0.133. The fourth-order valence-electron chi connectivity index (χ4n) is 3.09. The van der Waals surface area contributed by atoms with Crippen LogP contribution in [0.4, 0.5) is 10.5 Å². The van der Waals surface area contributed by atoms with Crippen LogP contribution in [0, 0.1) is 0 Å². The normalized spacial score (nSPS) is 17.6. The molecular weight excluding hydrogens is 338 g/mol. The number of benzene rings is 2. The average Bonchev–Trinajstić information content (AvgIpc) is 3.10. The van der Waals surface area contributed by atoms with Crippen molar-refractivity contribution in [3.63, 3.8) is 0 Å². The average molecular weight is 356 g/mol. The lowest BCUT2D eigenvalue weighted by Gasteiger charge is -2.33. The Bertz CT molecular complexity index is 908. The Hall–Kier alpha value is -2.50. The zero-order chi connectivity index (χ0) is 17.2. The summed E-state index contributed by atoms with van der Waals surface area (Å²) in [6, 6.07) is 15.3. The van der Waals surface area contributed by atoms with E-state index in [4.69, 9.17) is 16.3 Å². The second kappa shape index (κ2) is 6.78. The first-order valence-electron chi connectivity index (χ1n) is 8.20. The Morgan fingerprint density at radius 2 is 2.12 bits per heavy atom. The number of H-pyrrole nitrogens is 1. The van der Waals surface area contributed by atoms with Crippen LogP contribution < -0.4 is 5.32 Å². The molecule has 1 saturated heterocycles. The van der Waals surface area contributed by atoms with Crippen molar-refractivity contribution in [3.05, 3.63) is 65.3 Å². The molecule has 0 radical (unpaired) electrons. The maximum absolute atomic E-state index is 12.6. The first kappa shape index (κ1) is 16.0. The maximum Gasteiger partial charge on any atom is 0.322 e. The standard InChI is InChI=1S/C19H18ClN3O2/c20-16-4-2-1-3-15(16)18-12-23(9-10-25-18)19(24)22-14-6-5-13-7-8-21-17(13)11-14/h1-8,11,18,21H,9-10,12H2,(H,22,24). The van der Waals surface area contributed by atoms with Gasteiger partial charge in [0.1, 0.15) is 6.10 Å². The largest absolute Gasteiger partial charge is 0.370 e. The number of anilines is 1. The van der Waals surface area contributed by atoms with E-state index in [0.29, 0.717) is 24.7 Å². The number of halogens is 1. The predicted molar refractivity (Wildman–Crippen MR) is 99.0 cm³/mol. The van der Waals surface area contributed by atoms with E-state index in [2.05, 4.69) is 10.3 Å². The minimum Gasteiger partial charge on any atom is -0.370 e. The number of fused-ring (bicyclic) bond motifs is 1. The summed E-state index contributed by atoms with van der Waals surface area (Å²) in [5.74, 6) is 0. The first-order valence-corrected chi connectivity index (χ1v) is 8.57. The van der Waals surface area contributed by atoms with Crippen LogP contribution in [0.1, 0.15) is 11.7 Å². The van der Waals surface area contributed by atoms with E-state index in [0.717, 1.165) is 22.2 Å². The third-order valence-corrected chi connectivity index (χ3v) is 4.76. The smallest absolute Gasteiger partial charge is 0.322 e. The highest BCUT2D eigenvalue weighted by Crippen LogP contribution is 2.28. The molecule has 3 aromatic rings. The zero-order valence-electron chi connectivity index (χ0n) is 13.5. The van der Waals surface area contributed by atoms with Gasteiger partial charge in [0.2, 0.25) is 0 Å². The van der Waals surface area contributed by atoms with E-state index < -0.39 is 0 Å². The van der Waals surface area contributed by atoms with Gasteiger partial charge in [-0.05, 0) is 29.7 Å². The van der Waals surface area contributed by atoms with Crippen molar-refractivity contribution in [3.8, 4) is 0 Å². The highest BCUT2D eigenvalue weighted by Gasteiger charge is 2.26. The summed E-state index contributed by atoms with van der Waals surface area (Å²) in [5.41, 5.74) is 2.67. The SMILES string of the molecule is O=C(Nc1ccc2cc[nH]c2c1)N1CCOC(c2ccccc2Cl)C1. The zero-order valence-corrected chi connectivity index (χ0v) is 14.3. The number of ether oxygens (including phenoxy) is 1. The fourth-order valence-corrected chi connectivity index (χ4v) is 3.34. The Morgan fingerprint density at radius 1 is 1.24 bits per heavy atom. The summed E-state index contributed by atoms with van der Waals surface area (Å²) in [7, 11) is 0. The molecule has 5 nitrogen and oxygen atoms in total. The molecule has 2 heterocycles. The molecule has 2 amide bonds. The van der Waals surface area contributed by atoms with Crippen LogP contribution in [-0.2, 0) is 4.74 Å². The molecule has 1 aromatic heterocycles. The summed E-state index contributed by atoms with van der Waals surface area (Å²) < 4.78 is 5.81. The summed E-state index contributed by atoms with van der Waals surface area (Å²) >= 11 is 6.26. The number of urea groups is 1. The number of carbonyl (C=O) groups is 1. The number of carbonyl (C=O) groups excluding carboxylic acids is 1. The summed E-state index contributed by atoms with van der Waals surface area (Å²) in [5, 5.41) is 4.73. The number of nitrogens with one attached hydrogen (secondary N) is 2. The Balaban J connectivity index is 1.47. The van der Waals surface area contributed by atoms with Crippen molar-refractivity contribution < 1.29 is 9.53 Å². The lowest BCUT2D eigenvalue weighted by Crippen LogP contribution is -2.44. The van der Waals surface area contributed by atoms with E-state index in [1.807, 2.05) is 54.7 Å². The van der Waals surface area contributed by atoms with Gasteiger partial charge in [0, 0.05) is 34.5 Å². The number of morpholine rings is 1. The molecule has 1 unspecified atom stereocenters. The summed E-state index contributed by atoms with van der Waals surface area (Å²) in [6.07, 6.45) is 1.67. The Labute approximate surface area is 150 Å². The van der Waals surface area contributed by atoms with Crippen LogP contribution in [0.5, 0.6) is 0 Å². The third kappa shape index (κ3) is 3.34. The van der Waals surface area contributed by atoms with Crippen LogP contribution in [0.3, 0.4) is 0 Å². The van der Waals surface area contributed by atoms with E-state index in [-0.39, 0.29) is 12.1 Å². The van der Waals surface area contributed by atoms with Crippen LogP contribution in [0.25, 0.3) is 10.9 Å². The molecule has 1 fully saturated rings. The van der Waals surface area contributed by atoms with E-state index in [1.54, 1.807) is 4.90 Å². The van der Waals surface area contributed by atoms with Gasteiger partial charge < -0.3 is 19.9 Å². The number of amides is 2. The van der Waals surface area contributed by atoms with Gasteiger partial charge in [-0.2, -0.15) is 0 Å². The fraction of sp³-hybridized carbons (Fsp3) is 0.211. The van der Waals surface area contributed by atoms with Crippen LogP contribution in [-0.4, -0.2) is 35.6 Å². The molecule has 1 aliphatic rings. The topological polar surface area (TPSA) is 57.4 Å². The molecule has 128 valence electrons. The number of nitrogens with zero attached hydrogens (tertiary/aromatic N) is 1. The van der Waals surface area contributed by atoms with E-state index in [1.165, 1.54) is 0 Å². The van der Waals surface area contributed by atoms with Crippen LogP contribution in [0.2, 0.25) is 5.02 Å². The number of aromatic amines is 1. The maximum atomic E-state index is 12.6. The number of hydrogen-bond acceptors (Lipinski definition) is 2. The van der Waals surface area contributed by atoms with Crippen molar-refractivity contribution in [2.75, 3.05) is 25.0 Å². The Kier molecular flexibility index (Phi) is 4.34. The molecule has 4 rings (SSSR count). The highest BCUT2D eigenvalue weighted by molar-refractivity contribution is 6.31. The lowest BCUT2D eigenvalue weighted by molar-refractivity contribution is -0.0134. The predicted octanol–water partition coefficient (Wildman–Crippen LogP) is 4.43. The van der Waals surface area contributed by atoms with Gasteiger partial charge in [-0.15, -0.1) is 0 Å². The number of hydrogen-bond donors (Lipinski definition) is 2. The van der Waals surface area contributed by atoms with Crippen molar-refractivity contribution >= 4 is 34.2 Å². The van der Waals surface area contributed by atoms with Gasteiger partial charge >= 0.3 is 6.03 Å². The second-order valence-corrected chi connectivity index (χ2v) is 6.44. The monoisotopic (exact) mass is 355 g/mol. The number of aromatic nitrogens is 1. The third-order valence-electron chi connectivity index (χ3n) is 4.41. The molecule has 0 spiro atoms. The quantitative estimate of drug-likeness (QED) is 0.714. The number of rotatable bonds is 2. The molecular formula is C19H18ClN3O2. The summed E-state index contributed by atoms with van der Waals surface area (Å²) in [6.45, 7) is 1.51. The minimum atomic E-state index is -0.209. The van der Waals surface area contributed by atoms with Gasteiger partial charge in [0.25, 0.3) is 0 Å². The molecule has 1 atom stereocenters. The summed E-state index contributed by atoms with van der Waals surface area (Å²) in [4.78, 5) is 17.5. The second-order valence-electron chi connectivity index (χ2n) is 6.04. The highest BCUT2D eigenvalue weighted by atomic mass is 35.5. The Morgan fingerprint density at radius 3 is 3.00 bits per heavy atom. The molecule has 0 aliphatic carbocycles. The van der Waals surface area contributed by atoms with Gasteiger partial charge in [-0.25, -0.2) is 4.79 Å². The molecule has 2 N–H and O–H groups in total. The van der Waals surface area contributed by atoms with E-state index in [9.17, 15) is 4.79 Å². The molecule has 0 saturated carbocycles. The van der Waals surface area contributed by atoms with Gasteiger partial charge in [0.05, 0.1) is 13.2 Å². The van der Waals surface area contributed by atoms with Crippen molar-refractivity contribution in [2.24, 2.45) is 0 Å². The van der Waals surface area contributed by atoms with E-state index >= 15 is 0 Å². The molecule has 0 bridgehead atoms. The van der Waals surface area contributed by atoms with Gasteiger partial charge in [-0.3, -0.25) is 0 Å². The molecule has 6 heteroatoms. The van der Waals surface area contributed by atoms with Crippen LogP contribution >= 0.6 is 11.6 Å². The van der Waals surface area contributed by atoms with Crippen molar-refractivity contribution in [1.82, 2.24) is 9.88 Å². The van der Waals surface area contributed by atoms with Crippen molar-refractivity contribution in [1.29, 1.82) is 0 Å². The van der Waals surface area contributed by atoms with Gasteiger partial charge in [-0.1, -0.05) is 35.9 Å². The molecule has 2 aromatic carbocycles. The lowest BCUT2D eigenvalue weighted by atomic mass is 10.1. The van der Waals surface area contributed by atoms with Crippen LogP contribution in [0.15, 0.2) is 54.7 Å². The van der Waals surface area contributed by atoms with Gasteiger partial charge in [0.15, 0.2) is 0 Å². The first-order chi connectivity index (χ1) is 12.2. The molecule has 1 aliphatic heterocycles. The molecule has 25 heavy (non-hydrogen) atoms. The van der Waals surface area contributed by atoms with Crippen molar-refractivity contribution in [2.45, 2.75) is 6.10 Å².